The summed E-state index contributed by atoms with van der Waals surface area (Å²) >= 11 is 0. The van der Waals surface area contributed by atoms with E-state index in [-0.39, 0.29) is 0 Å². The molecule has 90 valence electrons. The van der Waals surface area contributed by atoms with E-state index in [1.54, 1.807) is 6.26 Å². The smallest absolute Gasteiger partial charge is 0.124 e. The Morgan fingerprint density at radius 2 is 2.44 bits per heavy atom. The maximum absolute atomic E-state index is 4.87. The highest BCUT2D eigenvalue weighted by Crippen LogP contribution is 2.15. The molecule has 1 aromatic heterocycles. The summed E-state index contributed by atoms with van der Waals surface area (Å²) in [5.74, 6) is 0.673. The fourth-order valence-electron chi connectivity index (χ4n) is 2.14. The summed E-state index contributed by atoms with van der Waals surface area (Å²) in [6, 6.07) is 3.09. The molecule has 1 aliphatic rings. The van der Waals surface area contributed by atoms with Gasteiger partial charge in [-0.15, -0.1) is 0 Å². The van der Waals surface area contributed by atoms with Crippen molar-refractivity contribution >= 4 is 0 Å². The van der Waals surface area contributed by atoms with Crippen LogP contribution in [0, 0.1) is 5.92 Å². The monoisotopic (exact) mass is 223 g/mol. The van der Waals surface area contributed by atoms with Crippen LogP contribution >= 0.6 is 0 Å². The van der Waals surface area contributed by atoms with Crippen LogP contribution in [0.4, 0.5) is 0 Å². The average molecular weight is 223 g/mol. The van der Waals surface area contributed by atoms with Crippen LogP contribution in [0.2, 0.25) is 0 Å². The quantitative estimate of drug-likeness (QED) is 0.843. The summed E-state index contributed by atoms with van der Waals surface area (Å²) in [6.07, 6.45) is 1.64. The van der Waals surface area contributed by atoms with Crippen molar-refractivity contribution in [3.05, 3.63) is 18.0 Å². The van der Waals surface area contributed by atoms with Crippen LogP contribution in [-0.2, 0) is 6.54 Å². The number of hydrogen-bond acceptors (Lipinski definition) is 4. The van der Waals surface area contributed by atoms with Gasteiger partial charge in [0, 0.05) is 37.8 Å². The molecule has 4 heteroatoms. The predicted octanol–water partition coefficient (Wildman–Crippen LogP) is 1.49. The standard InChI is InChI=1S/C12H21N3O/c1-9(2)12-8-15(10(3)6-13-12)7-11-4-5-16-14-11/h4-5,9-10,12-13H,6-8H2,1-3H3. The van der Waals surface area contributed by atoms with Gasteiger partial charge < -0.3 is 9.84 Å². The summed E-state index contributed by atoms with van der Waals surface area (Å²) in [5.41, 5.74) is 1.02. The number of nitrogens with zero attached hydrogens (tertiary/aromatic N) is 2. The van der Waals surface area contributed by atoms with Crippen LogP contribution < -0.4 is 5.32 Å². The molecule has 1 N–H and O–H groups in total. The summed E-state index contributed by atoms with van der Waals surface area (Å²) in [6.45, 7) is 9.82. The second-order valence-electron chi connectivity index (χ2n) is 5.03. The van der Waals surface area contributed by atoms with E-state index < -0.39 is 0 Å². The van der Waals surface area contributed by atoms with Crippen molar-refractivity contribution in [2.24, 2.45) is 5.92 Å². The van der Waals surface area contributed by atoms with E-state index in [9.17, 15) is 0 Å². The van der Waals surface area contributed by atoms with Gasteiger partial charge in [0.15, 0.2) is 0 Å². The largest absolute Gasteiger partial charge is 0.364 e. The predicted molar refractivity (Wildman–Crippen MR) is 63.0 cm³/mol. The lowest BCUT2D eigenvalue weighted by Gasteiger charge is -2.40. The molecule has 2 atom stereocenters. The van der Waals surface area contributed by atoms with Crippen LogP contribution in [0.25, 0.3) is 0 Å². The molecular weight excluding hydrogens is 202 g/mol. The van der Waals surface area contributed by atoms with Gasteiger partial charge in [-0.3, -0.25) is 4.90 Å². The van der Waals surface area contributed by atoms with E-state index in [4.69, 9.17) is 4.52 Å². The molecule has 2 unspecified atom stereocenters. The zero-order valence-corrected chi connectivity index (χ0v) is 10.3. The molecular formula is C12H21N3O. The minimum absolute atomic E-state index is 0.562. The van der Waals surface area contributed by atoms with Crippen molar-refractivity contribution in [3.63, 3.8) is 0 Å². The van der Waals surface area contributed by atoms with Crippen LogP contribution in [0.15, 0.2) is 16.9 Å². The van der Waals surface area contributed by atoms with Gasteiger partial charge in [0.25, 0.3) is 0 Å². The molecule has 16 heavy (non-hydrogen) atoms. The van der Waals surface area contributed by atoms with Gasteiger partial charge in [0.1, 0.15) is 6.26 Å². The highest BCUT2D eigenvalue weighted by Gasteiger charge is 2.26. The molecule has 1 aliphatic heterocycles. The van der Waals surface area contributed by atoms with Crippen molar-refractivity contribution < 1.29 is 4.52 Å². The highest BCUT2D eigenvalue weighted by atomic mass is 16.5. The third kappa shape index (κ3) is 2.62. The molecule has 0 amide bonds. The molecule has 2 heterocycles. The number of aromatic nitrogens is 1. The topological polar surface area (TPSA) is 41.3 Å². The molecule has 2 rings (SSSR count). The summed E-state index contributed by atoms with van der Waals surface area (Å²) in [7, 11) is 0. The molecule has 1 aromatic rings. The Morgan fingerprint density at radius 3 is 3.06 bits per heavy atom. The Morgan fingerprint density at radius 1 is 1.62 bits per heavy atom. The van der Waals surface area contributed by atoms with Gasteiger partial charge in [-0.1, -0.05) is 19.0 Å². The van der Waals surface area contributed by atoms with Crippen molar-refractivity contribution in [1.29, 1.82) is 0 Å². The Hall–Kier alpha value is -0.870. The fourth-order valence-corrected chi connectivity index (χ4v) is 2.14. The molecule has 0 radical (unpaired) electrons. The van der Waals surface area contributed by atoms with Crippen LogP contribution in [0.5, 0.6) is 0 Å². The maximum atomic E-state index is 4.87. The van der Waals surface area contributed by atoms with E-state index in [0.717, 1.165) is 25.3 Å². The van der Waals surface area contributed by atoms with E-state index in [2.05, 4.69) is 36.1 Å². The van der Waals surface area contributed by atoms with E-state index >= 15 is 0 Å². The first-order chi connectivity index (χ1) is 7.66. The fraction of sp³-hybridized carbons (Fsp3) is 0.750. The summed E-state index contributed by atoms with van der Waals surface area (Å²) in [4.78, 5) is 2.47. The Balaban J connectivity index is 1.96. The van der Waals surface area contributed by atoms with E-state index in [1.807, 2.05) is 6.07 Å². The van der Waals surface area contributed by atoms with Gasteiger partial charge in [-0.2, -0.15) is 0 Å². The van der Waals surface area contributed by atoms with Crippen molar-refractivity contribution in [2.75, 3.05) is 13.1 Å². The number of piperazine rings is 1. The third-order valence-corrected chi connectivity index (χ3v) is 3.39. The van der Waals surface area contributed by atoms with Crippen LogP contribution in [0.3, 0.4) is 0 Å². The third-order valence-electron chi connectivity index (χ3n) is 3.39. The molecule has 0 aromatic carbocycles. The van der Waals surface area contributed by atoms with E-state index in [0.29, 0.717) is 18.0 Å². The van der Waals surface area contributed by atoms with Gasteiger partial charge >= 0.3 is 0 Å². The molecule has 4 nitrogen and oxygen atoms in total. The molecule has 0 aliphatic carbocycles. The minimum Gasteiger partial charge on any atom is -0.364 e. The van der Waals surface area contributed by atoms with Gasteiger partial charge in [0.2, 0.25) is 0 Å². The minimum atomic E-state index is 0.562. The summed E-state index contributed by atoms with van der Waals surface area (Å²) < 4.78 is 4.87. The zero-order valence-electron chi connectivity index (χ0n) is 10.3. The number of nitrogens with one attached hydrogen (secondary N) is 1. The lowest BCUT2D eigenvalue weighted by atomic mass is 10.00. The lowest BCUT2D eigenvalue weighted by Crippen LogP contribution is -2.56. The van der Waals surface area contributed by atoms with E-state index in [1.165, 1.54) is 0 Å². The summed E-state index contributed by atoms with van der Waals surface area (Å²) in [5, 5.41) is 7.57. The SMILES string of the molecule is CC(C)C1CN(Cc2ccon2)C(C)CN1. The Kier molecular flexibility index (Phi) is 3.61. The van der Waals surface area contributed by atoms with Crippen LogP contribution in [-0.4, -0.2) is 35.2 Å². The van der Waals surface area contributed by atoms with Crippen molar-refractivity contribution in [2.45, 2.75) is 39.4 Å². The van der Waals surface area contributed by atoms with Crippen molar-refractivity contribution in [1.82, 2.24) is 15.4 Å². The average Bonchev–Trinajstić information content (AvgIpc) is 2.73. The van der Waals surface area contributed by atoms with Crippen LogP contribution in [0.1, 0.15) is 26.5 Å². The lowest BCUT2D eigenvalue weighted by molar-refractivity contribution is 0.113. The molecule has 1 saturated heterocycles. The van der Waals surface area contributed by atoms with Crippen molar-refractivity contribution in [3.8, 4) is 0 Å². The highest BCUT2D eigenvalue weighted by molar-refractivity contribution is 4.97. The van der Waals surface area contributed by atoms with Gasteiger partial charge in [0.05, 0.1) is 5.69 Å². The first-order valence-corrected chi connectivity index (χ1v) is 6.03. The first-order valence-electron chi connectivity index (χ1n) is 6.03. The van der Waals surface area contributed by atoms with Gasteiger partial charge in [-0.05, 0) is 12.8 Å². The second kappa shape index (κ2) is 4.97. The normalized spacial score (nSPS) is 27.5. The second-order valence-corrected chi connectivity index (χ2v) is 5.03. The zero-order chi connectivity index (χ0) is 11.5. The number of hydrogen-bond donors (Lipinski definition) is 1. The molecule has 0 saturated carbocycles. The maximum Gasteiger partial charge on any atom is 0.124 e. The molecule has 1 fully saturated rings. The van der Waals surface area contributed by atoms with Gasteiger partial charge in [-0.25, -0.2) is 0 Å². The Labute approximate surface area is 97.0 Å². The number of rotatable bonds is 3. The Bertz CT molecular complexity index is 310. The molecule has 0 spiro atoms. The first kappa shape index (κ1) is 11.6. The molecule has 0 bridgehead atoms.